The highest BCUT2D eigenvalue weighted by Crippen LogP contribution is 2.23. The number of aliphatic carboxylic acids is 1. The van der Waals surface area contributed by atoms with Crippen molar-refractivity contribution in [3.8, 4) is 0 Å². The molecule has 200 valence electrons. The minimum atomic E-state index is -0.806. The minimum absolute atomic E-state index is 0.0714. The summed E-state index contributed by atoms with van der Waals surface area (Å²) in [5, 5.41) is 12.7. The van der Waals surface area contributed by atoms with E-state index in [0.717, 1.165) is 17.5 Å². The van der Waals surface area contributed by atoms with Crippen LogP contribution in [0.2, 0.25) is 5.02 Å². The average molecular weight is 535 g/mol. The van der Waals surface area contributed by atoms with Crippen LogP contribution in [0.25, 0.3) is 0 Å². The Morgan fingerprint density at radius 2 is 1.50 bits per heavy atom. The van der Waals surface area contributed by atoms with Crippen LogP contribution in [0.4, 0.5) is 0 Å². The van der Waals surface area contributed by atoms with Gasteiger partial charge in [-0.1, -0.05) is 72.3 Å². The lowest BCUT2D eigenvalue weighted by Crippen LogP contribution is -2.34. The van der Waals surface area contributed by atoms with Gasteiger partial charge in [-0.2, -0.15) is 0 Å². The molecule has 3 rings (SSSR count). The molecule has 1 amide bonds. The van der Waals surface area contributed by atoms with Gasteiger partial charge in [-0.25, -0.2) is 0 Å². The topological polar surface area (TPSA) is 86.7 Å². The van der Waals surface area contributed by atoms with Crippen LogP contribution in [0, 0.1) is 0 Å². The lowest BCUT2D eigenvalue weighted by atomic mass is 9.95. The number of carboxylic acids is 1. The molecular weight excluding hydrogens is 500 g/mol. The molecule has 0 heterocycles. The summed E-state index contributed by atoms with van der Waals surface area (Å²) in [6, 6.07) is 24.1. The quantitative estimate of drug-likeness (QED) is 0.192. The van der Waals surface area contributed by atoms with Crippen molar-refractivity contribution in [2.45, 2.75) is 45.1 Å². The molecule has 3 aromatic rings. The van der Waals surface area contributed by atoms with E-state index in [1.807, 2.05) is 61.5 Å². The summed E-state index contributed by atoms with van der Waals surface area (Å²) in [7, 11) is 0. The van der Waals surface area contributed by atoms with Crippen molar-refractivity contribution in [2.75, 3.05) is 19.6 Å². The van der Waals surface area contributed by atoms with Crippen molar-refractivity contribution in [3.05, 3.63) is 106 Å². The molecule has 0 aromatic heterocycles. The highest BCUT2D eigenvalue weighted by Gasteiger charge is 2.19. The molecule has 0 saturated carbocycles. The molecule has 0 spiro atoms. The summed E-state index contributed by atoms with van der Waals surface area (Å²) in [6.45, 7) is 5.77. The Morgan fingerprint density at radius 3 is 2.18 bits per heavy atom. The Hall–Kier alpha value is -3.48. The number of carboxylic acid groups (broad SMARTS) is 1. The second kappa shape index (κ2) is 14.5. The van der Waals surface area contributed by atoms with Gasteiger partial charge in [-0.05, 0) is 62.6 Å². The summed E-state index contributed by atoms with van der Waals surface area (Å²) in [5.74, 6) is -1.38. The Kier molecular flexibility index (Phi) is 11.1. The third-order valence-corrected chi connectivity index (χ3v) is 6.99. The Morgan fingerprint density at radius 1 is 0.842 bits per heavy atom. The lowest BCUT2D eigenvalue weighted by Gasteiger charge is -2.29. The Balaban J connectivity index is 1.55. The molecule has 0 aliphatic carbocycles. The molecule has 7 heteroatoms. The first-order chi connectivity index (χ1) is 18.3. The van der Waals surface area contributed by atoms with E-state index in [4.69, 9.17) is 16.7 Å². The average Bonchev–Trinajstić information content (AvgIpc) is 2.93. The molecule has 0 aliphatic rings. The van der Waals surface area contributed by atoms with Crippen LogP contribution in [0.1, 0.15) is 72.1 Å². The van der Waals surface area contributed by atoms with E-state index >= 15 is 0 Å². The molecule has 2 unspecified atom stereocenters. The summed E-state index contributed by atoms with van der Waals surface area (Å²) in [6.07, 6.45) is 1.38. The fourth-order valence-corrected chi connectivity index (χ4v) is 4.51. The molecule has 3 aromatic carbocycles. The molecule has 2 atom stereocenters. The van der Waals surface area contributed by atoms with Gasteiger partial charge < -0.3 is 10.4 Å². The highest BCUT2D eigenvalue weighted by atomic mass is 35.5. The van der Waals surface area contributed by atoms with Gasteiger partial charge in [0, 0.05) is 41.7 Å². The van der Waals surface area contributed by atoms with Gasteiger partial charge in [-0.3, -0.25) is 19.3 Å². The minimum Gasteiger partial charge on any atom is -0.481 e. The van der Waals surface area contributed by atoms with Crippen molar-refractivity contribution in [1.82, 2.24) is 10.2 Å². The third kappa shape index (κ3) is 8.54. The molecule has 0 saturated heterocycles. The zero-order valence-corrected chi connectivity index (χ0v) is 22.7. The first-order valence-corrected chi connectivity index (χ1v) is 13.3. The summed E-state index contributed by atoms with van der Waals surface area (Å²) >= 11 is 6.03. The first kappa shape index (κ1) is 29.1. The fraction of sp³-hybridized carbons (Fsp3) is 0.323. The third-order valence-electron chi connectivity index (χ3n) is 6.74. The molecule has 0 bridgehead atoms. The van der Waals surface area contributed by atoms with E-state index in [0.29, 0.717) is 42.2 Å². The standard InChI is InChI=1S/C31H35ClN2O4/c1-22(26-11-6-12-27(21-26)30(37)25-9-4-3-5-10-25)31(38)33-18-8-20-34(19-7-13-29(35)36)23(2)24-14-16-28(32)17-15-24/h3-6,9-12,14-17,21-23H,7-8,13,18-20H2,1-2H3,(H,33,38)(H,35,36). The predicted octanol–water partition coefficient (Wildman–Crippen LogP) is 6.11. The Labute approximate surface area is 229 Å². The van der Waals surface area contributed by atoms with Crippen LogP contribution in [0.15, 0.2) is 78.9 Å². The summed E-state index contributed by atoms with van der Waals surface area (Å²) in [5.41, 5.74) is 3.06. The van der Waals surface area contributed by atoms with Crippen molar-refractivity contribution >= 4 is 29.3 Å². The largest absolute Gasteiger partial charge is 0.481 e. The number of halogens is 1. The molecule has 38 heavy (non-hydrogen) atoms. The zero-order chi connectivity index (χ0) is 27.5. The van der Waals surface area contributed by atoms with Crippen LogP contribution in [0.3, 0.4) is 0 Å². The number of amides is 1. The number of ketones is 1. The maximum atomic E-state index is 12.9. The molecule has 0 radical (unpaired) electrons. The van der Waals surface area contributed by atoms with Gasteiger partial charge in [0.15, 0.2) is 5.78 Å². The molecular formula is C31H35ClN2O4. The maximum Gasteiger partial charge on any atom is 0.303 e. The lowest BCUT2D eigenvalue weighted by molar-refractivity contribution is -0.137. The number of hydrogen-bond acceptors (Lipinski definition) is 4. The van der Waals surface area contributed by atoms with Crippen molar-refractivity contribution in [1.29, 1.82) is 0 Å². The van der Waals surface area contributed by atoms with E-state index < -0.39 is 11.9 Å². The van der Waals surface area contributed by atoms with E-state index in [2.05, 4.69) is 17.1 Å². The second-order valence-corrected chi connectivity index (χ2v) is 9.88. The monoisotopic (exact) mass is 534 g/mol. The summed E-state index contributed by atoms with van der Waals surface area (Å²) in [4.78, 5) is 38.9. The summed E-state index contributed by atoms with van der Waals surface area (Å²) < 4.78 is 0. The van der Waals surface area contributed by atoms with Crippen LogP contribution in [-0.4, -0.2) is 47.3 Å². The van der Waals surface area contributed by atoms with E-state index in [-0.39, 0.29) is 24.2 Å². The Bertz CT molecular complexity index is 1210. The SMILES string of the molecule is CC(C(=O)NCCCN(CCCC(=O)O)C(C)c1ccc(Cl)cc1)c1cccc(C(=O)c2ccccc2)c1. The van der Waals surface area contributed by atoms with Crippen LogP contribution in [-0.2, 0) is 9.59 Å². The van der Waals surface area contributed by atoms with E-state index in [1.165, 1.54) is 0 Å². The number of hydrogen-bond donors (Lipinski definition) is 2. The molecule has 2 N–H and O–H groups in total. The van der Waals surface area contributed by atoms with Crippen molar-refractivity contribution < 1.29 is 19.5 Å². The van der Waals surface area contributed by atoms with Gasteiger partial charge in [0.25, 0.3) is 0 Å². The smallest absolute Gasteiger partial charge is 0.303 e. The maximum absolute atomic E-state index is 12.9. The van der Waals surface area contributed by atoms with Crippen molar-refractivity contribution in [3.63, 3.8) is 0 Å². The van der Waals surface area contributed by atoms with Gasteiger partial charge in [0.1, 0.15) is 0 Å². The molecule has 0 fully saturated rings. The number of carbonyl (C=O) groups is 3. The fourth-order valence-electron chi connectivity index (χ4n) is 4.39. The normalized spacial score (nSPS) is 12.6. The van der Waals surface area contributed by atoms with E-state index in [9.17, 15) is 14.4 Å². The van der Waals surface area contributed by atoms with Crippen LogP contribution < -0.4 is 5.32 Å². The number of nitrogens with one attached hydrogen (secondary N) is 1. The van der Waals surface area contributed by atoms with Crippen molar-refractivity contribution in [2.24, 2.45) is 0 Å². The predicted molar refractivity (Wildman–Crippen MR) is 151 cm³/mol. The van der Waals surface area contributed by atoms with Crippen LogP contribution in [0.5, 0.6) is 0 Å². The van der Waals surface area contributed by atoms with Gasteiger partial charge in [0.2, 0.25) is 5.91 Å². The first-order valence-electron chi connectivity index (χ1n) is 12.9. The number of rotatable bonds is 14. The molecule has 6 nitrogen and oxygen atoms in total. The highest BCUT2D eigenvalue weighted by molar-refractivity contribution is 6.30. The zero-order valence-electron chi connectivity index (χ0n) is 21.9. The van der Waals surface area contributed by atoms with Crippen LogP contribution >= 0.6 is 11.6 Å². The van der Waals surface area contributed by atoms with Gasteiger partial charge >= 0.3 is 5.97 Å². The molecule has 0 aliphatic heterocycles. The van der Waals surface area contributed by atoms with Gasteiger partial charge in [0.05, 0.1) is 5.92 Å². The number of benzene rings is 3. The van der Waals surface area contributed by atoms with E-state index in [1.54, 1.807) is 24.3 Å². The number of carbonyl (C=O) groups excluding carboxylic acids is 2. The van der Waals surface area contributed by atoms with Gasteiger partial charge in [-0.15, -0.1) is 0 Å². The number of nitrogens with zero attached hydrogens (tertiary/aromatic N) is 1. The second-order valence-electron chi connectivity index (χ2n) is 9.45.